The third-order valence-electron chi connectivity index (χ3n) is 4.37. The summed E-state index contributed by atoms with van der Waals surface area (Å²) in [5, 5.41) is 15.6. The van der Waals surface area contributed by atoms with Crippen molar-refractivity contribution in [1.82, 2.24) is 24.3 Å². The maximum atomic E-state index is 10.6. The van der Waals surface area contributed by atoms with E-state index in [0.29, 0.717) is 34.0 Å². The molecule has 8 nitrogen and oxygen atoms in total. The zero-order chi connectivity index (χ0) is 19.0. The lowest BCUT2D eigenvalue weighted by atomic mass is 10.1. The van der Waals surface area contributed by atoms with Gasteiger partial charge in [0.1, 0.15) is 0 Å². The van der Waals surface area contributed by atoms with Crippen LogP contribution in [0.2, 0.25) is 0 Å². The van der Waals surface area contributed by atoms with Gasteiger partial charge in [0.2, 0.25) is 5.88 Å². The number of aromatic hydroxyl groups is 1. The summed E-state index contributed by atoms with van der Waals surface area (Å²) >= 11 is 0. The predicted octanol–water partition coefficient (Wildman–Crippen LogP) is 3.03. The number of aromatic nitrogens is 5. The Balaban J connectivity index is 1.79. The molecular weight excluding hydrogens is 346 g/mol. The van der Waals surface area contributed by atoms with E-state index in [2.05, 4.69) is 15.1 Å². The highest BCUT2D eigenvalue weighted by Gasteiger charge is 2.15. The van der Waals surface area contributed by atoms with Gasteiger partial charge in [-0.1, -0.05) is 0 Å². The predicted molar refractivity (Wildman–Crippen MR) is 101 cm³/mol. The molecule has 0 radical (unpaired) electrons. The molecule has 0 spiro atoms. The molecule has 4 rings (SSSR count). The molecule has 0 saturated heterocycles. The maximum Gasteiger partial charge on any atom is 0.256 e. The Bertz CT molecular complexity index is 1120. The largest absolute Gasteiger partial charge is 0.494 e. The van der Waals surface area contributed by atoms with Gasteiger partial charge in [0, 0.05) is 36.8 Å². The van der Waals surface area contributed by atoms with Crippen molar-refractivity contribution in [2.24, 2.45) is 0 Å². The fraction of sp³-hybridized carbons (Fsp3) is 0.211. The number of hydrogen-bond acceptors (Lipinski definition) is 6. The Kier molecular flexibility index (Phi) is 4.15. The SMILES string of the molecule is CCn1ccc(-n2cc3nc(-c4cnc(OC)c(OC)c4)ccc3c2O)n1. The summed E-state index contributed by atoms with van der Waals surface area (Å²) in [6, 6.07) is 7.33. The van der Waals surface area contributed by atoms with Gasteiger partial charge < -0.3 is 14.6 Å². The average molecular weight is 365 g/mol. The number of aryl methyl sites for hydroxylation is 1. The van der Waals surface area contributed by atoms with E-state index < -0.39 is 0 Å². The molecule has 0 fully saturated rings. The van der Waals surface area contributed by atoms with E-state index in [-0.39, 0.29) is 5.88 Å². The van der Waals surface area contributed by atoms with Crippen molar-refractivity contribution in [2.45, 2.75) is 13.5 Å². The number of fused-ring (bicyclic) bond motifs is 1. The van der Waals surface area contributed by atoms with Gasteiger partial charge >= 0.3 is 0 Å². The zero-order valence-corrected chi connectivity index (χ0v) is 15.2. The highest BCUT2D eigenvalue weighted by atomic mass is 16.5. The van der Waals surface area contributed by atoms with Crippen LogP contribution < -0.4 is 9.47 Å². The van der Waals surface area contributed by atoms with Gasteiger partial charge in [-0.15, -0.1) is 0 Å². The molecule has 4 aromatic rings. The summed E-state index contributed by atoms with van der Waals surface area (Å²) in [5.74, 6) is 1.69. The molecule has 1 N–H and O–H groups in total. The van der Waals surface area contributed by atoms with Crippen LogP contribution in [-0.2, 0) is 6.54 Å². The average Bonchev–Trinajstić information content (AvgIpc) is 3.31. The minimum Gasteiger partial charge on any atom is -0.494 e. The van der Waals surface area contributed by atoms with Gasteiger partial charge in [-0.25, -0.2) is 9.97 Å². The van der Waals surface area contributed by atoms with Gasteiger partial charge in [0.05, 0.1) is 30.8 Å². The lowest BCUT2D eigenvalue weighted by Crippen LogP contribution is -1.97. The molecule has 0 unspecified atom stereocenters. The lowest BCUT2D eigenvalue weighted by molar-refractivity contribution is 0.343. The Morgan fingerprint density at radius 3 is 2.70 bits per heavy atom. The monoisotopic (exact) mass is 365 g/mol. The first-order valence-electron chi connectivity index (χ1n) is 8.48. The van der Waals surface area contributed by atoms with E-state index in [0.717, 1.165) is 12.1 Å². The molecule has 8 heteroatoms. The van der Waals surface area contributed by atoms with E-state index >= 15 is 0 Å². The van der Waals surface area contributed by atoms with Crippen LogP contribution in [-0.4, -0.2) is 43.6 Å². The number of methoxy groups -OCH3 is 2. The van der Waals surface area contributed by atoms with Crippen molar-refractivity contribution in [3.63, 3.8) is 0 Å². The third kappa shape index (κ3) is 2.84. The van der Waals surface area contributed by atoms with Crippen LogP contribution in [0.3, 0.4) is 0 Å². The van der Waals surface area contributed by atoms with Gasteiger partial charge in [-0.3, -0.25) is 9.25 Å². The Morgan fingerprint density at radius 1 is 1.15 bits per heavy atom. The molecular formula is C19H19N5O3. The fourth-order valence-corrected chi connectivity index (χ4v) is 2.94. The minimum atomic E-state index is 0.107. The highest BCUT2D eigenvalue weighted by molar-refractivity contribution is 5.87. The van der Waals surface area contributed by atoms with Crippen LogP contribution in [0.25, 0.3) is 28.0 Å². The zero-order valence-electron chi connectivity index (χ0n) is 15.2. The van der Waals surface area contributed by atoms with E-state index in [1.807, 2.05) is 37.4 Å². The van der Waals surface area contributed by atoms with E-state index in [1.54, 1.807) is 35.9 Å². The van der Waals surface area contributed by atoms with Crippen molar-refractivity contribution in [1.29, 1.82) is 0 Å². The molecule has 138 valence electrons. The normalized spacial score (nSPS) is 11.1. The van der Waals surface area contributed by atoms with E-state index in [1.165, 1.54) is 0 Å². The topological polar surface area (TPSA) is 87.2 Å². The second-order valence-electron chi connectivity index (χ2n) is 5.92. The molecule has 4 aromatic heterocycles. The highest BCUT2D eigenvalue weighted by Crippen LogP contribution is 2.33. The lowest BCUT2D eigenvalue weighted by Gasteiger charge is -2.08. The Hall–Kier alpha value is -3.55. The van der Waals surface area contributed by atoms with Crippen LogP contribution >= 0.6 is 0 Å². The fourth-order valence-electron chi connectivity index (χ4n) is 2.94. The van der Waals surface area contributed by atoms with E-state index in [9.17, 15) is 5.11 Å². The summed E-state index contributed by atoms with van der Waals surface area (Å²) in [6.45, 7) is 2.77. The van der Waals surface area contributed by atoms with Crippen molar-refractivity contribution in [3.05, 3.63) is 42.9 Å². The van der Waals surface area contributed by atoms with Gasteiger partial charge in [0.15, 0.2) is 11.6 Å². The van der Waals surface area contributed by atoms with Gasteiger partial charge in [-0.2, -0.15) is 5.10 Å². The van der Waals surface area contributed by atoms with Crippen molar-refractivity contribution in [3.8, 4) is 34.6 Å². The molecule has 0 aliphatic carbocycles. The number of nitrogens with zero attached hydrogens (tertiary/aromatic N) is 5. The molecule has 0 aromatic carbocycles. The first-order valence-corrected chi connectivity index (χ1v) is 8.48. The summed E-state index contributed by atoms with van der Waals surface area (Å²) in [4.78, 5) is 8.91. The quantitative estimate of drug-likeness (QED) is 0.585. The van der Waals surface area contributed by atoms with Crippen LogP contribution in [0.15, 0.2) is 42.9 Å². The van der Waals surface area contributed by atoms with Gasteiger partial charge in [-0.05, 0) is 25.1 Å². The van der Waals surface area contributed by atoms with Crippen LogP contribution in [0.4, 0.5) is 0 Å². The number of hydrogen-bond donors (Lipinski definition) is 1. The van der Waals surface area contributed by atoms with Crippen molar-refractivity contribution in [2.75, 3.05) is 14.2 Å². The Morgan fingerprint density at radius 2 is 2.00 bits per heavy atom. The van der Waals surface area contributed by atoms with Crippen LogP contribution in [0.5, 0.6) is 17.5 Å². The maximum absolute atomic E-state index is 10.6. The standard InChI is InChI=1S/C19H19N5O3/c1-4-23-8-7-17(22-23)24-11-15-13(19(24)25)5-6-14(21-15)12-9-16(26-2)18(27-3)20-10-12/h5-11,25H,4H2,1-3H3. The molecule has 0 aliphatic heterocycles. The molecule has 0 atom stereocenters. The van der Waals surface area contributed by atoms with Crippen LogP contribution in [0, 0.1) is 0 Å². The first kappa shape index (κ1) is 16.9. The molecule has 4 heterocycles. The molecule has 27 heavy (non-hydrogen) atoms. The third-order valence-corrected chi connectivity index (χ3v) is 4.37. The number of ether oxygens (including phenoxy) is 2. The molecule has 0 saturated carbocycles. The Labute approximate surface area is 155 Å². The molecule has 0 aliphatic rings. The number of rotatable bonds is 5. The van der Waals surface area contributed by atoms with Crippen LogP contribution in [0.1, 0.15) is 6.92 Å². The van der Waals surface area contributed by atoms with Crippen molar-refractivity contribution < 1.29 is 14.6 Å². The summed E-state index contributed by atoms with van der Waals surface area (Å²) in [6.07, 6.45) is 5.31. The van der Waals surface area contributed by atoms with Gasteiger partial charge in [0.25, 0.3) is 5.88 Å². The second kappa shape index (κ2) is 6.64. The molecule has 0 bridgehead atoms. The minimum absolute atomic E-state index is 0.107. The van der Waals surface area contributed by atoms with E-state index in [4.69, 9.17) is 9.47 Å². The summed E-state index contributed by atoms with van der Waals surface area (Å²) in [7, 11) is 3.10. The van der Waals surface area contributed by atoms with Crippen molar-refractivity contribution >= 4 is 10.9 Å². The smallest absolute Gasteiger partial charge is 0.256 e. The summed E-state index contributed by atoms with van der Waals surface area (Å²) in [5.41, 5.74) is 2.16. The number of pyridine rings is 2. The molecule has 0 amide bonds. The first-order chi connectivity index (χ1) is 13.1. The second-order valence-corrected chi connectivity index (χ2v) is 5.92. The summed E-state index contributed by atoms with van der Waals surface area (Å²) < 4.78 is 13.9.